The molecule has 1 aliphatic rings. The van der Waals surface area contributed by atoms with E-state index in [9.17, 15) is 0 Å². The largest absolute Gasteiger partial charge is 0.457 e. The molecule has 4 heteroatoms. The van der Waals surface area contributed by atoms with Crippen LogP contribution < -0.4 is 20.9 Å². The quantitative estimate of drug-likeness (QED) is 0.170. The fourth-order valence-corrected chi connectivity index (χ4v) is 6.64. The van der Waals surface area contributed by atoms with E-state index in [0.29, 0.717) is 0 Å². The highest BCUT2D eigenvalue weighted by Gasteiger charge is 2.35. The fourth-order valence-electron chi connectivity index (χ4n) is 6.64. The molecule has 0 aliphatic heterocycles. The van der Waals surface area contributed by atoms with E-state index in [0.717, 1.165) is 69.5 Å². The van der Waals surface area contributed by atoms with E-state index < -0.39 is 0 Å². The van der Waals surface area contributed by atoms with Gasteiger partial charge in [-0.2, -0.15) is 0 Å². The fraction of sp³-hybridized carbons (Fsp3) is 0.143. The highest BCUT2D eigenvalue weighted by molar-refractivity contribution is 5.67. The Morgan fingerprint density at radius 1 is 0.348 bits per heavy atom. The zero-order valence-corrected chi connectivity index (χ0v) is 25.9. The summed E-state index contributed by atoms with van der Waals surface area (Å²) in [5.74, 6) is 3.30. The maximum Gasteiger partial charge on any atom is 0.127 e. The first-order valence-corrected chi connectivity index (χ1v) is 16.0. The van der Waals surface area contributed by atoms with Crippen LogP contribution in [0.5, 0.6) is 23.0 Å². The first-order chi connectivity index (χ1) is 22.5. The molecule has 4 nitrogen and oxygen atoms in total. The molecule has 0 spiro atoms. The van der Waals surface area contributed by atoms with Crippen molar-refractivity contribution < 1.29 is 9.47 Å². The van der Waals surface area contributed by atoms with Crippen molar-refractivity contribution in [3.05, 3.63) is 157 Å². The third-order valence-electron chi connectivity index (χ3n) is 9.19. The van der Waals surface area contributed by atoms with Crippen LogP contribution in [0.25, 0.3) is 22.3 Å². The SMILES string of the molecule is Nc1ccc(-c2ccc(Oc3ccc(C4(c5ccc(Oc6ccc(-c7ccc(N)cc7)cc6)cc5)CCCCC4)cc3)cc2)cc1. The summed E-state index contributed by atoms with van der Waals surface area (Å²) < 4.78 is 12.5. The predicted octanol–water partition coefficient (Wildman–Crippen LogP) is 11.0. The number of hydrogen-bond acceptors (Lipinski definition) is 4. The maximum absolute atomic E-state index is 6.24. The summed E-state index contributed by atoms with van der Waals surface area (Å²) in [6, 6.07) is 49.6. The van der Waals surface area contributed by atoms with Crippen LogP contribution in [0, 0.1) is 0 Å². The van der Waals surface area contributed by atoms with E-state index in [2.05, 4.69) is 72.8 Å². The summed E-state index contributed by atoms with van der Waals surface area (Å²) in [6.07, 6.45) is 5.98. The van der Waals surface area contributed by atoms with E-state index in [1.54, 1.807) is 0 Å². The average Bonchev–Trinajstić information content (AvgIpc) is 3.11. The van der Waals surface area contributed by atoms with Crippen molar-refractivity contribution >= 4 is 11.4 Å². The smallest absolute Gasteiger partial charge is 0.127 e. The van der Waals surface area contributed by atoms with Gasteiger partial charge in [0.2, 0.25) is 0 Å². The Morgan fingerprint density at radius 2 is 0.630 bits per heavy atom. The Labute approximate surface area is 271 Å². The van der Waals surface area contributed by atoms with Gasteiger partial charge in [0.25, 0.3) is 0 Å². The van der Waals surface area contributed by atoms with Gasteiger partial charge in [-0.05, 0) is 119 Å². The Kier molecular flexibility index (Phi) is 8.18. The molecule has 1 aliphatic carbocycles. The third-order valence-corrected chi connectivity index (χ3v) is 9.19. The number of anilines is 2. The second-order valence-electron chi connectivity index (χ2n) is 12.2. The van der Waals surface area contributed by atoms with Gasteiger partial charge in [0.1, 0.15) is 23.0 Å². The minimum atomic E-state index is -0.0171. The third kappa shape index (κ3) is 6.33. The van der Waals surface area contributed by atoms with Gasteiger partial charge in [-0.25, -0.2) is 0 Å². The lowest BCUT2D eigenvalue weighted by atomic mass is 9.65. The van der Waals surface area contributed by atoms with Crippen LogP contribution >= 0.6 is 0 Å². The number of rotatable bonds is 8. The summed E-state index contributed by atoms with van der Waals surface area (Å²) in [5, 5.41) is 0. The molecular weight excluding hydrogens is 564 g/mol. The Bertz CT molecular complexity index is 1740. The summed E-state index contributed by atoms with van der Waals surface area (Å²) in [7, 11) is 0. The molecule has 1 saturated carbocycles. The van der Waals surface area contributed by atoms with Crippen LogP contribution in [0.1, 0.15) is 43.2 Å². The predicted molar refractivity (Wildman–Crippen MR) is 189 cm³/mol. The molecule has 4 N–H and O–H groups in total. The van der Waals surface area contributed by atoms with Crippen molar-refractivity contribution in [3.8, 4) is 45.3 Å². The molecule has 7 rings (SSSR count). The molecule has 46 heavy (non-hydrogen) atoms. The van der Waals surface area contributed by atoms with Crippen molar-refractivity contribution in [2.45, 2.75) is 37.5 Å². The zero-order chi connectivity index (χ0) is 31.3. The molecule has 0 amide bonds. The molecular formula is C42H38N2O2. The molecule has 0 heterocycles. The van der Waals surface area contributed by atoms with Crippen molar-refractivity contribution in [1.82, 2.24) is 0 Å². The van der Waals surface area contributed by atoms with Crippen molar-refractivity contribution in [2.75, 3.05) is 11.5 Å². The maximum atomic E-state index is 6.24. The number of ether oxygens (including phenoxy) is 2. The summed E-state index contributed by atoms with van der Waals surface area (Å²) in [5.41, 5.74) is 20.4. The summed E-state index contributed by atoms with van der Waals surface area (Å²) in [6.45, 7) is 0. The molecule has 228 valence electrons. The minimum Gasteiger partial charge on any atom is -0.457 e. The number of nitrogens with two attached hydrogens (primary N) is 2. The lowest BCUT2D eigenvalue weighted by molar-refractivity contribution is 0.345. The van der Waals surface area contributed by atoms with Crippen molar-refractivity contribution in [2.24, 2.45) is 0 Å². The highest BCUT2D eigenvalue weighted by atomic mass is 16.5. The van der Waals surface area contributed by atoms with Gasteiger partial charge in [-0.1, -0.05) is 92.1 Å². The number of nitrogen functional groups attached to an aromatic ring is 2. The van der Waals surface area contributed by atoms with Gasteiger partial charge in [-0.15, -0.1) is 0 Å². The summed E-state index contributed by atoms with van der Waals surface area (Å²) >= 11 is 0. The van der Waals surface area contributed by atoms with E-state index in [4.69, 9.17) is 20.9 Å². The van der Waals surface area contributed by atoms with Crippen LogP contribution in [0.4, 0.5) is 11.4 Å². The van der Waals surface area contributed by atoms with Crippen LogP contribution in [0.15, 0.2) is 146 Å². The molecule has 0 bridgehead atoms. The van der Waals surface area contributed by atoms with Gasteiger partial charge in [0.05, 0.1) is 0 Å². The molecule has 0 atom stereocenters. The molecule has 0 saturated heterocycles. The molecule has 0 unspecified atom stereocenters. The Balaban J connectivity index is 1.05. The van der Waals surface area contributed by atoms with Gasteiger partial charge < -0.3 is 20.9 Å². The first kappa shape index (κ1) is 29.2. The van der Waals surface area contributed by atoms with Gasteiger partial charge in [-0.3, -0.25) is 0 Å². The lowest BCUT2D eigenvalue weighted by Gasteiger charge is -2.38. The molecule has 0 aromatic heterocycles. The average molecular weight is 603 g/mol. The normalized spacial score (nSPS) is 14.0. The zero-order valence-electron chi connectivity index (χ0n) is 25.9. The van der Waals surface area contributed by atoms with E-state index in [-0.39, 0.29) is 5.41 Å². The molecule has 0 radical (unpaired) electrons. The number of benzene rings is 6. The van der Waals surface area contributed by atoms with Crippen LogP contribution in [-0.4, -0.2) is 0 Å². The first-order valence-electron chi connectivity index (χ1n) is 16.0. The Hall–Kier alpha value is -5.48. The van der Waals surface area contributed by atoms with Gasteiger partial charge in [0, 0.05) is 16.8 Å². The van der Waals surface area contributed by atoms with E-state index in [1.807, 2.05) is 72.8 Å². The summed E-state index contributed by atoms with van der Waals surface area (Å²) in [4.78, 5) is 0. The van der Waals surface area contributed by atoms with Gasteiger partial charge >= 0.3 is 0 Å². The standard InChI is InChI=1S/C42H38N2O2/c43-36-16-4-30(5-17-36)32-8-20-38(21-9-32)45-40-24-12-34(13-25-40)42(28-2-1-3-29-42)35-14-26-41(27-15-35)46-39-22-10-33(11-23-39)31-6-18-37(44)19-7-31/h4-27H,1-3,28-29,43-44H2. The van der Waals surface area contributed by atoms with Crippen LogP contribution in [-0.2, 0) is 5.41 Å². The molecule has 6 aromatic rings. The highest BCUT2D eigenvalue weighted by Crippen LogP contribution is 2.46. The second-order valence-corrected chi connectivity index (χ2v) is 12.2. The van der Waals surface area contributed by atoms with Gasteiger partial charge in [0.15, 0.2) is 0 Å². The van der Waals surface area contributed by atoms with Crippen LogP contribution in [0.2, 0.25) is 0 Å². The molecule has 1 fully saturated rings. The lowest BCUT2D eigenvalue weighted by Crippen LogP contribution is -2.30. The number of hydrogen-bond donors (Lipinski definition) is 2. The van der Waals surface area contributed by atoms with Crippen LogP contribution in [0.3, 0.4) is 0 Å². The topological polar surface area (TPSA) is 70.5 Å². The monoisotopic (exact) mass is 602 g/mol. The second kappa shape index (κ2) is 12.9. The van der Waals surface area contributed by atoms with Crippen molar-refractivity contribution in [3.63, 3.8) is 0 Å². The Morgan fingerprint density at radius 3 is 0.957 bits per heavy atom. The molecule has 6 aromatic carbocycles. The van der Waals surface area contributed by atoms with Crippen molar-refractivity contribution in [1.29, 1.82) is 0 Å². The van der Waals surface area contributed by atoms with E-state index >= 15 is 0 Å². The van der Waals surface area contributed by atoms with E-state index in [1.165, 1.54) is 30.4 Å². The minimum absolute atomic E-state index is 0.0171.